The highest BCUT2D eigenvalue weighted by Gasteiger charge is 2.76. The van der Waals surface area contributed by atoms with Crippen LogP contribution >= 0.6 is 15.9 Å². The Morgan fingerprint density at radius 3 is 2.64 bits per heavy atom. The minimum Gasteiger partial charge on any atom is -0.463 e. The van der Waals surface area contributed by atoms with Crippen LogP contribution in [0.15, 0.2) is 55.6 Å². The number of halogens is 1. The highest BCUT2D eigenvalue weighted by atomic mass is 79.9. The van der Waals surface area contributed by atoms with Crippen LogP contribution in [-0.2, 0) is 28.7 Å². The van der Waals surface area contributed by atoms with Crippen molar-refractivity contribution in [2.45, 2.75) is 80.5 Å². The number of nitrogens with one attached hydrogen (secondary N) is 1. The van der Waals surface area contributed by atoms with Crippen LogP contribution < -0.4 is 5.32 Å². The van der Waals surface area contributed by atoms with Gasteiger partial charge in [0, 0.05) is 37.5 Å². The molecule has 3 aliphatic heterocycles. The fourth-order valence-corrected chi connectivity index (χ4v) is 7.95. The van der Waals surface area contributed by atoms with Crippen molar-refractivity contribution in [1.29, 1.82) is 0 Å². The normalized spacial score (nSPS) is 27.1. The molecule has 0 saturated carbocycles. The molecule has 246 valence electrons. The number of rotatable bonds is 18. The fraction of sp³-hybridized carbons (Fsp3) is 0.588. The lowest BCUT2D eigenvalue weighted by Gasteiger charge is -2.37. The number of amides is 3. The number of aliphatic hydroxyl groups is 1. The molecule has 3 saturated heterocycles. The van der Waals surface area contributed by atoms with Crippen molar-refractivity contribution in [3.05, 3.63) is 61.2 Å². The van der Waals surface area contributed by atoms with Gasteiger partial charge in [0.15, 0.2) is 0 Å². The van der Waals surface area contributed by atoms with E-state index in [9.17, 15) is 24.3 Å². The number of hydrogen-bond donors (Lipinski definition) is 2. The van der Waals surface area contributed by atoms with Gasteiger partial charge in [-0.2, -0.15) is 0 Å². The molecule has 1 spiro atoms. The summed E-state index contributed by atoms with van der Waals surface area (Å²) in [5, 5.41) is 12.7. The number of likely N-dealkylation sites (tertiary alicyclic amines) is 1. The van der Waals surface area contributed by atoms with Crippen molar-refractivity contribution in [3.63, 3.8) is 0 Å². The maximum atomic E-state index is 14.3. The van der Waals surface area contributed by atoms with Crippen LogP contribution in [0, 0.1) is 11.8 Å². The van der Waals surface area contributed by atoms with Crippen LogP contribution in [0.25, 0.3) is 0 Å². The zero-order valence-electron chi connectivity index (χ0n) is 26.1. The van der Waals surface area contributed by atoms with E-state index < -0.39 is 47.5 Å². The van der Waals surface area contributed by atoms with Crippen molar-refractivity contribution >= 4 is 39.6 Å². The topological polar surface area (TPSA) is 125 Å². The van der Waals surface area contributed by atoms with Gasteiger partial charge in [-0.15, -0.1) is 13.2 Å². The summed E-state index contributed by atoms with van der Waals surface area (Å²) in [5.41, 5.74) is -0.451. The predicted octanol–water partition coefficient (Wildman–Crippen LogP) is 3.69. The van der Waals surface area contributed by atoms with Gasteiger partial charge in [0.25, 0.3) is 0 Å². The standard InChI is InChI=1S/C34H46BrN3O7/c1-4-7-12-18-37(17-6-3)33(43)30-34-21-24(35)29(45-34)27(28(34)32(42)38(30)19-13-20-39)31(41)36-25(23-14-10-9-11-15-23)22-44-26(40)16-8-5-2/h5-6,9-11,14-15,24-25,27-30,39H,2-4,7-8,12-13,16-22H2,1H3,(H,36,41)/t24?,25-,27-,28+,29-,30-,34+/m1/s1. The van der Waals surface area contributed by atoms with Gasteiger partial charge in [-0.1, -0.05) is 78.2 Å². The molecule has 1 aromatic rings. The van der Waals surface area contributed by atoms with E-state index in [2.05, 4.69) is 41.3 Å². The van der Waals surface area contributed by atoms with Crippen molar-refractivity contribution in [1.82, 2.24) is 15.1 Å². The van der Waals surface area contributed by atoms with E-state index in [-0.39, 0.29) is 42.8 Å². The third-order valence-corrected chi connectivity index (χ3v) is 9.90. The van der Waals surface area contributed by atoms with Crippen LogP contribution in [-0.4, -0.2) is 94.0 Å². The lowest BCUT2D eigenvalue weighted by Crippen LogP contribution is -2.57. The van der Waals surface area contributed by atoms with E-state index in [0.29, 0.717) is 32.4 Å². The summed E-state index contributed by atoms with van der Waals surface area (Å²) in [6, 6.07) is 7.63. The number of alkyl halides is 1. The quantitative estimate of drug-likeness (QED) is 0.104. The summed E-state index contributed by atoms with van der Waals surface area (Å²) in [6.45, 7) is 10.4. The monoisotopic (exact) mass is 687 g/mol. The predicted molar refractivity (Wildman–Crippen MR) is 173 cm³/mol. The second-order valence-electron chi connectivity index (χ2n) is 12.0. The molecule has 0 aliphatic carbocycles. The Balaban J connectivity index is 1.63. The maximum Gasteiger partial charge on any atom is 0.306 e. The third-order valence-electron chi connectivity index (χ3n) is 9.06. The molecule has 45 heavy (non-hydrogen) atoms. The first kappa shape index (κ1) is 34.8. The minimum absolute atomic E-state index is 0.0799. The second kappa shape index (κ2) is 16.0. The zero-order valence-corrected chi connectivity index (χ0v) is 27.7. The molecule has 1 unspecified atom stereocenters. The smallest absolute Gasteiger partial charge is 0.306 e. The molecular formula is C34H46BrN3O7. The number of aliphatic hydroxyl groups excluding tert-OH is 1. The second-order valence-corrected chi connectivity index (χ2v) is 13.2. The number of ether oxygens (including phenoxy) is 2. The Labute approximate surface area is 274 Å². The highest BCUT2D eigenvalue weighted by Crippen LogP contribution is 2.60. The summed E-state index contributed by atoms with van der Waals surface area (Å²) < 4.78 is 12.1. The van der Waals surface area contributed by atoms with E-state index in [1.54, 1.807) is 17.1 Å². The van der Waals surface area contributed by atoms with Crippen LogP contribution in [0.2, 0.25) is 0 Å². The van der Waals surface area contributed by atoms with Crippen LogP contribution in [0.5, 0.6) is 0 Å². The zero-order chi connectivity index (χ0) is 32.6. The number of unbranched alkanes of at least 4 members (excludes halogenated alkanes) is 2. The van der Waals surface area contributed by atoms with Crippen LogP contribution in [0.4, 0.5) is 0 Å². The van der Waals surface area contributed by atoms with Gasteiger partial charge in [-0.3, -0.25) is 19.2 Å². The van der Waals surface area contributed by atoms with Gasteiger partial charge in [0.05, 0.1) is 24.0 Å². The average molecular weight is 689 g/mol. The maximum absolute atomic E-state index is 14.3. The number of allylic oxidation sites excluding steroid dienone is 1. The molecule has 2 bridgehead atoms. The summed E-state index contributed by atoms with van der Waals surface area (Å²) in [4.78, 5) is 58.0. The Morgan fingerprint density at radius 2 is 1.98 bits per heavy atom. The van der Waals surface area contributed by atoms with E-state index >= 15 is 0 Å². The lowest BCUT2D eigenvalue weighted by molar-refractivity contribution is -0.148. The molecule has 11 heteroatoms. The van der Waals surface area contributed by atoms with Crippen molar-refractivity contribution in [2.24, 2.45) is 11.8 Å². The Hall–Kier alpha value is -3.02. The molecule has 3 aliphatic rings. The SMILES string of the molecule is C=CCCC(=O)OC[C@@H](NC(=O)[C@H]1[C@@H]2O[C@@]3(CC2Br)[C@@H]1C(=O)N(CCCO)[C@@H]3C(=O)N(CC=C)CCCCC)c1ccccc1. The van der Waals surface area contributed by atoms with E-state index in [0.717, 1.165) is 24.8 Å². The van der Waals surface area contributed by atoms with Crippen molar-refractivity contribution < 1.29 is 33.8 Å². The van der Waals surface area contributed by atoms with Crippen LogP contribution in [0.3, 0.4) is 0 Å². The summed E-state index contributed by atoms with van der Waals surface area (Å²) in [7, 11) is 0. The van der Waals surface area contributed by atoms with Gasteiger partial charge < -0.3 is 29.7 Å². The first-order valence-corrected chi connectivity index (χ1v) is 16.9. The van der Waals surface area contributed by atoms with Crippen molar-refractivity contribution in [2.75, 3.05) is 32.8 Å². The summed E-state index contributed by atoms with van der Waals surface area (Å²) in [6.07, 6.45) is 6.82. The Bertz CT molecular complexity index is 1230. The first-order chi connectivity index (χ1) is 21.7. The average Bonchev–Trinajstić information content (AvgIpc) is 3.63. The molecule has 3 heterocycles. The Morgan fingerprint density at radius 1 is 1.22 bits per heavy atom. The molecular weight excluding hydrogens is 642 g/mol. The van der Waals surface area contributed by atoms with E-state index in [1.165, 1.54) is 4.90 Å². The number of hydrogen-bond acceptors (Lipinski definition) is 7. The first-order valence-electron chi connectivity index (χ1n) is 16.0. The van der Waals surface area contributed by atoms with E-state index in [1.807, 2.05) is 30.3 Å². The molecule has 3 amide bonds. The van der Waals surface area contributed by atoms with Crippen LogP contribution in [0.1, 0.15) is 63.5 Å². The number of carbonyl (C=O) groups excluding carboxylic acids is 4. The largest absolute Gasteiger partial charge is 0.463 e. The lowest BCUT2D eigenvalue weighted by atomic mass is 9.70. The summed E-state index contributed by atoms with van der Waals surface area (Å²) >= 11 is 3.72. The molecule has 1 aromatic carbocycles. The third kappa shape index (κ3) is 7.36. The van der Waals surface area contributed by atoms with E-state index in [4.69, 9.17) is 9.47 Å². The number of benzene rings is 1. The molecule has 0 aromatic heterocycles. The van der Waals surface area contributed by atoms with Gasteiger partial charge in [-0.05, 0) is 31.2 Å². The molecule has 3 fully saturated rings. The minimum atomic E-state index is -1.20. The number of carbonyl (C=O) groups is 4. The molecule has 2 N–H and O–H groups in total. The molecule has 10 nitrogen and oxygen atoms in total. The molecule has 4 rings (SSSR count). The Kier molecular flexibility index (Phi) is 12.4. The number of fused-ring (bicyclic) bond motifs is 1. The number of nitrogens with zero attached hydrogens (tertiary/aromatic N) is 2. The molecule has 7 atom stereocenters. The summed E-state index contributed by atoms with van der Waals surface area (Å²) in [5.74, 6) is -3.10. The van der Waals surface area contributed by atoms with Gasteiger partial charge in [0.2, 0.25) is 17.7 Å². The van der Waals surface area contributed by atoms with Crippen molar-refractivity contribution in [3.8, 4) is 0 Å². The number of esters is 1. The van der Waals surface area contributed by atoms with Gasteiger partial charge in [-0.25, -0.2) is 0 Å². The van der Waals surface area contributed by atoms with Gasteiger partial charge >= 0.3 is 5.97 Å². The van der Waals surface area contributed by atoms with Gasteiger partial charge in [0.1, 0.15) is 18.2 Å². The fourth-order valence-electron chi connectivity index (χ4n) is 7.01. The highest BCUT2D eigenvalue weighted by molar-refractivity contribution is 9.09. The molecule has 0 radical (unpaired) electrons.